The molecule has 0 aliphatic heterocycles. The van der Waals surface area contributed by atoms with Crippen molar-refractivity contribution in [3.05, 3.63) is 119 Å². The van der Waals surface area contributed by atoms with E-state index in [-0.39, 0.29) is 18.4 Å². The number of thiophene rings is 1. The Labute approximate surface area is 206 Å². The fourth-order valence-corrected chi connectivity index (χ4v) is 4.39. The summed E-state index contributed by atoms with van der Waals surface area (Å²) in [5, 5.41) is 12.4. The van der Waals surface area contributed by atoms with E-state index in [4.69, 9.17) is 5.10 Å². The third-order valence-electron chi connectivity index (χ3n) is 5.36. The van der Waals surface area contributed by atoms with Crippen molar-refractivity contribution in [2.75, 3.05) is 5.32 Å². The Kier molecular flexibility index (Phi) is 6.45. The topological polar surface area (TPSA) is 88.9 Å². The molecule has 0 spiro atoms. The van der Waals surface area contributed by atoms with Crippen LogP contribution in [0.3, 0.4) is 0 Å². The fourth-order valence-electron chi connectivity index (χ4n) is 3.63. The number of carbonyl (C=O) groups is 2. The van der Waals surface area contributed by atoms with Gasteiger partial charge in [0.1, 0.15) is 4.88 Å². The minimum atomic E-state index is -0.296. The summed E-state index contributed by atoms with van der Waals surface area (Å²) in [6.07, 6.45) is 5.03. The molecular weight excluding hydrogens is 458 g/mol. The first-order valence-corrected chi connectivity index (χ1v) is 11.8. The van der Waals surface area contributed by atoms with Crippen LogP contribution in [0.25, 0.3) is 16.9 Å². The molecule has 0 unspecified atom stereocenters. The Balaban J connectivity index is 1.35. The van der Waals surface area contributed by atoms with Crippen molar-refractivity contribution in [1.82, 2.24) is 20.1 Å². The third kappa shape index (κ3) is 5.02. The highest BCUT2D eigenvalue weighted by atomic mass is 32.1. The second-order valence-corrected chi connectivity index (χ2v) is 8.60. The molecule has 0 atom stereocenters. The zero-order valence-corrected chi connectivity index (χ0v) is 19.4. The largest absolute Gasteiger partial charge is 0.347 e. The lowest BCUT2D eigenvalue weighted by molar-refractivity contribution is 0.0956. The Hall–Kier alpha value is -4.56. The summed E-state index contributed by atoms with van der Waals surface area (Å²) in [7, 11) is 0. The fraction of sp³-hybridized carbons (Fsp3) is 0.0370. The van der Waals surface area contributed by atoms with Gasteiger partial charge in [0, 0.05) is 41.8 Å². The average molecular weight is 480 g/mol. The number of nitrogens with one attached hydrogen (secondary N) is 2. The van der Waals surface area contributed by atoms with Gasteiger partial charge in [-0.25, -0.2) is 4.68 Å². The molecule has 0 saturated carbocycles. The second kappa shape index (κ2) is 10.1. The maximum atomic E-state index is 13.1. The molecule has 8 heteroatoms. The molecule has 0 saturated heterocycles. The van der Waals surface area contributed by atoms with Crippen molar-refractivity contribution < 1.29 is 9.59 Å². The molecule has 7 nitrogen and oxygen atoms in total. The van der Waals surface area contributed by atoms with E-state index in [9.17, 15) is 9.59 Å². The van der Waals surface area contributed by atoms with Crippen LogP contribution in [-0.2, 0) is 6.54 Å². The van der Waals surface area contributed by atoms with Gasteiger partial charge in [-0.3, -0.25) is 14.6 Å². The number of pyridine rings is 1. The predicted octanol–water partition coefficient (Wildman–Crippen LogP) is 5.18. The number of hydrogen-bond donors (Lipinski definition) is 2. The molecule has 0 fully saturated rings. The van der Waals surface area contributed by atoms with Crippen molar-refractivity contribution in [3.8, 4) is 16.9 Å². The summed E-state index contributed by atoms with van der Waals surface area (Å²) in [6, 6.07) is 24.7. The van der Waals surface area contributed by atoms with Gasteiger partial charge in [0.15, 0.2) is 0 Å². The summed E-state index contributed by atoms with van der Waals surface area (Å²) in [5.74, 6) is -0.563. The van der Waals surface area contributed by atoms with Gasteiger partial charge < -0.3 is 10.6 Å². The van der Waals surface area contributed by atoms with Crippen LogP contribution in [-0.4, -0.2) is 26.6 Å². The van der Waals surface area contributed by atoms with E-state index < -0.39 is 0 Å². The molecule has 0 aliphatic rings. The van der Waals surface area contributed by atoms with Gasteiger partial charge in [0.05, 0.1) is 17.1 Å². The van der Waals surface area contributed by atoms with Crippen molar-refractivity contribution in [2.45, 2.75) is 6.54 Å². The van der Waals surface area contributed by atoms with Crippen LogP contribution in [0, 0.1) is 0 Å². The molecule has 3 heterocycles. The Morgan fingerprint density at radius 2 is 1.57 bits per heavy atom. The Bertz CT molecular complexity index is 1450. The van der Waals surface area contributed by atoms with Gasteiger partial charge in [-0.2, -0.15) is 5.10 Å². The molecule has 172 valence electrons. The number of para-hydroxylation sites is 1. The first-order valence-electron chi connectivity index (χ1n) is 11.0. The van der Waals surface area contributed by atoms with Gasteiger partial charge in [0.25, 0.3) is 11.8 Å². The lowest BCUT2D eigenvalue weighted by Gasteiger charge is -2.08. The van der Waals surface area contributed by atoms with Crippen molar-refractivity contribution in [2.24, 2.45) is 0 Å². The average Bonchev–Trinajstić information content (AvgIpc) is 3.56. The number of nitrogens with zero attached hydrogens (tertiary/aromatic N) is 3. The van der Waals surface area contributed by atoms with Crippen molar-refractivity contribution in [3.63, 3.8) is 0 Å². The Morgan fingerprint density at radius 3 is 2.31 bits per heavy atom. The zero-order valence-electron chi connectivity index (χ0n) is 18.6. The standard InChI is InChI=1S/C27H21N5O2S/c33-26(20-11-14-28-15-12-20)30-23-13-16-35-25(23)27(34)29-17-21-18-32(22-9-5-2-6-10-22)31-24(21)19-7-3-1-4-8-19/h1-16,18H,17H2,(H,29,34)(H,30,33). The molecule has 5 rings (SSSR count). The molecule has 0 radical (unpaired) electrons. The molecule has 5 aromatic rings. The maximum Gasteiger partial charge on any atom is 0.263 e. The van der Waals surface area contributed by atoms with E-state index in [0.717, 1.165) is 22.5 Å². The lowest BCUT2D eigenvalue weighted by Crippen LogP contribution is -2.23. The third-order valence-corrected chi connectivity index (χ3v) is 6.27. The molecule has 2 amide bonds. The summed E-state index contributed by atoms with van der Waals surface area (Å²) < 4.78 is 1.81. The summed E-state index contributed by atoms with van der Waals surface area (Å²) >= 11 is 1.27. The smallest absolute Gasteiger partial charge is 0.263 e. The van der Waals surface area contributed by atoms with E-state index >= 15 is 0 Å². The highest BCUT2D eigenvalue weighted by Gasteiger charge is 2.18. The van der Waals surface area contributed by atoms with Crippen LogP contribution in [0.5, 0.6) is 0 Å². The van der Waals surface area contributed by atoms with Crippen LogP contribution >= 0.6 is 11.3 Å². The predicted molar refractivity (Wildman–Crippen MR) is 137 cm³/mol. The number of hydrogen-bond acceptors (Lipinski definition) is 5. The molecule has 35 heavy (non-hydrogen) atoms. The quantitative estimate of drug-likeness (QED) is 0.337. The first kappa shape index (κ1) is 22.2. The SMILES string of the molecule is O=C(Nc1ccsc1C(=O)NCc1cn(-c2ccccc2)nc1-c1ccccc1)c1ccncc1. The molecule has 2 aromatic carbocycles. The van der Waals surface area contributed by atoms with E-state index in [2.05, 4.69) is 15.6 Å². The number of anilines is 1. The zero-order chi connectivity index (χ0) is 24.0. The van der Waals surface area contributed by atoms with Crippen LogP contribution in [0.2, 0.25) is 0 Å². The number of carbonyl (C=O) groups excluding carboxylic acids is 2. The number of rotatable bonds is 7. The summed E-state index contributed by atoms with van der Waals surface area (Å²) in [5.41, 5.74) is 4.52. The van der Waals surface area contributed by atoms with E-state index in [1.165, 1.54) is 11.3 Å². The summed E-state index contributed by atoms with van der Waals surface area (Å²) in [4.78, 5) is 29.9. The highest BCUT2D eigenvalue weighted by molar-refractivity contribution is 7.12. The Morgan fingerprint density at radius 1 is 0.857 bits per heavy atom. The first-order chi connectivity index (χ1) is 17.2. The van der Waals surface area contributed by atoms with Gasteiger partial charge in [-0.1, -0.05) is 48.5 Å². The normalized spacial score (nSPS) is 10.6. The van der Waals surface area contributed by atoms with E-state index in [1.54, 1.807) is 36.0 Å². The molecule has 3 aromatic heterocycles. The minimum Gasteiger partial charge on any atom is -0.347 e. The number of aromatic nitrogens is 3. The summed E-state index contributed by atoms with van der Waals surface area (Å²) in [6.45, 7) is 0.283. The molecule has 0 bridgehead atoms. The van der Waals surface area contributed by atoms with Gasteiger partial charge in [0.2, 0.25) is 0 Å². The van der Waals surface area contributed by atoms with Crippen LogP contribution in [0.4, 0.5) is 5.69 Å². The van der Waals surface area contributed by atoms with Crippen molar-refractivity contribution in [1.29, 1.82) is 0 Å². The lowest BCUT2D eigenvalue weighted by atomic mass is 10.1. The number of amides is 2. The van der Waals surface area contributed by atoms with Crippen LogP contribution in [0.1, 0.15) is 25.6 Å². The van der Waals surface area contributed by atoms with Crippen molar-refractivity contribution >= 4 is 28.8 Å². The van der Waals surface area contributed by atoms with Crippen LogP contribution in [0.15, 0.2) is 103 Å². The molecular formula is C27H21N5O2S. The van der Waals surface area contributed by atoms with Gasteiger partial charge >= 0.3 is 0 Å². The van der Waals surface area contributed by atoms with Crippen LogP contribution < -0.4 is 10.6 Å². The maximum absolute atomic E-state index is 13.1. The van der Waals surface area contributed by atoms with Gasteiger partial charge in [-0.15, -0.1) is 11.3 Å². The van der Waals surface area contributed by atoms with E-state index in [0.29, 0.717) is 16.1 Å². The molecule has 2 N–H and O–H groups in total. The molecule has 0 aliphatic carbocycles. The minimum absolute atomic E-state index is 0.267. The van der Waals surface area contributed by atoms with Gasteiger partial charge in [-0.05, 0) is 35.7 Å². The number of benzene rings is 2. The highest BCUT2D eigenvalue weighted by Crippen LogP contribution is 2.25. The second-order valence-electron chi connectivity index (χ2n) is 7.69. The monoisotopic (exact) mass is 479 g/mol. The van der Waals surface area contributed by atoms with E-state index in [1.807, 2.05) is 71.5 Å².